The maximum Gasteiger partial charge on any atom is 0.326 e. The average Bonchev–Trinajstić information content (AvgIpc) is 2.64. The second-order valence-corrected chi connectivity index (χ2v) is 5.48. The quantitative estimate of drug-likeness (QED) is 0.742. The Labute approximate surface area is 120 Å². The topological polar surface area (TPSA) is 84.2 Å². The molecule has 0 bridgehead atoms. The smallest absolute Gasteiger partial charge is 0.326 e. The first kappa shape index (κ1) is 15.8. The van der Waals surface area contributed by atoms with Crippen LogP contribution in [-0.2, 0) is 22.4 Å². The lowest BCUT2D eigenvalue weighted by Gasteiger charge is -2.12. The summed E-state index contributed by atoms with van der Waals surface area (Å²) in [7, 11) is 1.82. The molecule has 6 nitrogen and oxygen atoms in total. The van der Waals surface area contributed by atoms with Crippen molar-refractivity contribution >= 4 is 35.2 Å². The number of carboxylic acid groups (broad SMARTS) is 1. The van der Waals surface area contributed by atoms with Crippen molar-refractivity contribution in [3.05, 3.63) is 17.2 Å². The summed E-state index contributed by atoms with van der Waals surface area (Å²) in [5.41, 5.74) is 0. The summed E-state index contributed by atoms with van der Waals surface area (Å²) in [6, 6.07) is -0.838. The lowest BCUT2D eigenvalue weighted by molar-refractivity contribution is -0.141. The van der Waals surface area contributed by atoms with Crippen LogP contribution < -0.4 is 5.32 Å². The van der Waals surface area contributed by atoms with E-state index in [4.69, 9.17) is 16.7 Å². The standard InChI is InChI=1S/C11H16ClN3O3S/c1-7(16)14-8(11(17)18)3-4-19-6-10-13-5-9(12)15(10)2/h5,8H,3-4,6H2,1-2H3,(H,14,16)(H,17,18). The highest BCUT2D eigenvalue weighted by atomic mass is 35.5. The summed E-state index contributed by atoms with van der Waals surface area (Å²) in [5.74, 6) is 0.739. The van der Waals surface area contributed by atoms with Crippen LogP contribution in [0.5, 0.6) is 0 Å². The average molecular weight is 306 g/mol. The number of nitrogens with zero attached hydrogens (tertiary/aromatic N) is 2. The van der Waals surface area contributed by atoms with Gasteiger partial charge in [-0.2, -0.15) is 11.8 Å². The normalized spacial score (nSPS) is 12.2. The third-order valence-corrected chi connectivity index (χ3v) is 3.82. The number of rotatable bonds is 7. The van der Waals surface area contributed by atoms with Crippen molar-refractivity contribution in [1.29, 1.82) is 0 Å². The Morgan fingerprint density at radius 2 is 2.32 bits per heavy atom. The van der Waals surface area contributed by atoms with Gasteiger partial charge in [-0.15, -0.1) is 0 Å². The van der Waals surface area contributed by atoms with Crippen molar-refractivity contribution in [2.75, 3.05) is 5.75 Å². The van der Waals surface area contributed by atoms with Gasteiger partial charge in [-0.3, -0.25) is 4.79 Å². The molecule has 1 heterocycles. The fraction of sp³-hybridized carbons (Fsp3) is 0.545. The van der Waals surface area contributed by atoms with Crippen molar-refractivity contribution in [2.24, 2.45) is 7.05 Å². The summed E-state index contributed by atoms with van der Waals surface area (Å²) in [5, 5.41) is 11.9. The minimum atomic E-state index is -1.02. The highest BCUT2D eigenvalue weighted by molar-refractivity contribution is 7.98. The summed E-state index contributed by atoms with van der Waals surface area (Å²) < 4.78 is 1.77. The van der Waals surface area contributed by atoms with Gasteiger partial charge in [-0.1, -0.05) is 11.6 Å². The molecular weight excluding hydrogens is 290 g/mol. The van der Waals surface area contributed by atoms with Crippen LogP contribution in [0.1, 0.15) is 19.2 Å². The molecule has 8 heteroatoms. The number of carboxylic acids is 1. The van der Waals surface area contributed by atoms with Gasteiger partial charge in [0.15, 0.2) is 0 Å². The lowest BCUT2D eigenvalue weighted by atomic mass is 10.2. The molecule has 1 unspecified atom stereocenters. The number of halogens is 1. The molecule has 1 rings (SSSR count). The Kier molecular flexibility index (Phi) is 6.17. The van der Waals surface area contributed by atoms with E-state index in [9.17, 15) is 9.59 Å². The number of carbonyl (C=O) groups is 2. The Morgan fingerprint density at radius 3 is 2.79 bits per heavy atom. The Balaban J connectivity index is 2.34. The van der Waals surface area contributed by atoms with E-state index in [0.717, 1.165) is 5.82 Å². The van der Waals surface area contributed by atoms with Crippen molar-refractivity contribution in [3.8, 4) is 0 Å². The van der Waals surface area contributed by atoms with Gasteiger partial charge in [0.2, 0.25) is 5.91 Å². The number of aromatic nitrogens is 2. The van der Waals surface area contributed by atoms with E-state index >= 15 is 0 Å². The molecule has 0 spiro atoms. The zero-order valence-electron chi connectivity index (χ0n) is 10.7. The first-order chi connectivity index (χ1) is 8.91. The van der Waals surface area contributed by atoms with Crippen LogP contribution in [0.2, 0.25) is 5.15 Å². The van der Waals surface area contributed by atoms with Gasteiger partial charge in [0, 0.05) is 14.0 Å². The number of hydrogen-bond donors (Lipinski definition) is 2. The maximum absolute atomic E-state index is 10.9. The first-order valence-electron chi connectivity index (χ1n) is 5.65. The van der Waals surface area contributed by atoms with Crippen LogP contribution >= 0.6 is 23.4 Å². The Hall–Kier alpha value is -1.21. The minimum Gasteiger partial charge on any atom is -0.480 e. The van der Waals surface area contributed by atoms with E-state index in [2.05, 4.69) is 10.3 Å². The highest BCUT2D eigenvalue weighted by Crippen LogP contribution is 2.16. The fourth-order valence-electron chi connectivity index (χ4n) is 1.43. The van der Waals surface area contributed by atoms with Gasteiger partial charge in [-0.25, -0.2) is 9.78 Å². The predicted octanol–water partition coefficient (Wildman–Crippen LogP) is 1.29. The van der Waals surface area contributed by atoms with E-state index < -0.39 is 12.0 Å². The highest BCUT2D eigenvalue weighted by Gasteiger charge is 2.17. The molecule has 1 atom stereocenters. The van der Waals surface area contributed by atoms with Gasteiger partial charge in [0.05, 0.1) is 11.9 Å². The molecule has 1 amide bonds. The molecule has 0 aliphatic heterocycles. The second-order valence-electron chi connectivity index (χ2n) is 3.99. The third kappa shape index (κ3) is 5.12. The third-order valence-electron chi connectivity index (χ3n) is 2.49. The molecule has 0 fully saturated rings. The molecule has 0 aromatic carbocycles. The first-order valence-corrected chi connectivity index (χ1v) is 7.18. The monoisotopic (exact) mass is 305 g/mol. The molecule has 2 N–H and O–H groups in total. The summed E-state index contributed by atoms with van der Waals surface area (Å²) in [6.07, 6.45) is 1.95. The number of thioether (sulfide) groups is 1. The molecule has 0 aliphatic rings. The van der Waals surface area contributed by atoms with Crippen LogP contribution in [0, 0.1) is 0 Å². The summed E-state index contributed by atoms with van der Waals surface area (Å²) in [6.45, 7) is 1.30. The van der Waals surface area contributed by atoms with E-state index in [0.29, 0.717) is 23.1 Å². The lowest BCUT2D eigenvalue weighted by Crippen LogP contribution is -2.39. The molecular formula is C11H16ClN3O3S. The maximum atomic E-state index is 10.9. The largest absolute Gasteiger partial charge is 0.480 e. The number of amides is 1. The molecule has 106 valence electrons. The van der Waals surface area contributed by atoms with Crippen molar-refractivity contribution in [2.45, 2.75) is 25.1 Å². The fourth-order valence-corrected chi connectivity index (χ4v) is 2.57. The zero-order valence-corrected chi connectivity index (χ0v) is 12.3. The van der Waals surface area contributed by atoms with Gasteiger partial charge in [-0.05, 0) is 12.2 Å². The van der Waals surface area contributed by atoms with Crippen molar-refractivity contribution in [1.82, 2.24) is 14.9 Å². The molecule has 1 aromatic rings. The molecule has 0 saturated carbocycles. The number of hydrogen-bond acceptors (Lipinski definition) is 4. The number of nitrogens with one attached hydrogen (secondary N) is 1. The van der Waals surface area contributed by atoms with Crippen LogP contribution in [0.15, 0.2) is 6.20 Å². The Morgan fingerprint density at radius 1 is 1.63 bits per heavy atom. The summed E-state index contributed by atoms with van der Waals surface area (Å²) >= 11 is 7.41. The van der Waals surface area contributed by atoms with Gasteiger partial charge < -0.3 is 15.0 Å². The van der Waals surface area contributed by atoms with E-state index in [1.807, 2.05) is 7.05 Å². The molecule has 19 heavy (non-hydrogen) atoms. The minimum absolute atomic E-state index is 0.340. The zero-order chi connectivity index (χ0) is 14.4. The number of carbonyl (C=O) groups excluding carboxylic acids is 1. The second kappa shape index (κ2) is 7.40. The van der Waals surface area contributed by atoms with Crippen LogP contribution in [-0.4, -0.2) is 38.3 Å². The number of imidazole rings is 1. The SMILES string of the molecule is CC(=O)NC(CCSCc1ncc(Cl)n1C)C(=O)O. The molecule has 0 radical (unpaired) electrons. The van der Waals surface area contributed by atoms with Gasteiger partial charge >= 0.3 is 5.97 Å². The number of aliphatic carboxylic acids is 1. The van der Waals surface area contributed by atoms with Crippen molar-refractivity contribution < 1.29 is 14.7 Å². The van der Waals surface area contributed by atoms with Crippen LogP contribution in [0.3, 0.4) is 0 Å². The summed E-state index contributed by atoms with van der Waals surface area (Å²) in [4.78, 5) is 25.9. The van der Waals surface area contributed by atoms with Gasteiger partial charge in [0.1, 0.15) is 17.0 Å². The van der Waals surface area contributed by atoms with Gasteiger partial charge in [0.25, 0.3) is 0 Å². The Bertz CT molecular complexity index is 464. The molecule has 0 aliphatic carbocycles. The van der Waals surface area contributed by atoms with E-state index in [1.54, 1.807) is 22.5 Å². The van der Waals surface area contributed by atoms with Crippen LogP contribution in [0.4, 0.5) is 0 Å². The van der Waals surface area contributed by atoms with Crippen LogP contribution in [0.25, 0.3) is 0 Å². The van der Waals surface area contributed by atoms with E-state index in [-0.39, 0.29) is 5.91 Å². The van der Waals surface area contributed by atoms with E-state index in [1.165, 1.54) is 6.92 Å². The van der Waals surface area contributed by atoms with Crippen molar-refractivity contribution in [3.63, 3.8) is 0 Å². The molecule has 0 saturated heterocycles. The molecule has 1 aromatic heterocycles. The predicted molar refractivity (Wildman–Crippen MR) is 74.2 cm³/mol.